The summed E-state index contributed by atoms with van der Waals surface area (Å²) in [6, 6.07) is 9.34. The normalized spacial score (nSPS) is 15.1. The molecule has 2 nitrogen and oxygen atoms in total. The number of aliphatic hydroxyl groups excluding tert-OH is 2. The van der Waals surface area contributed by atoms with Crippen molar-refractivity contribution in [2.45, 2.75) is 32.0 Å². The molecule has 0 spiro atoms. The molecule has 0 saturated carbocycles. The second-order valence-corrected chi connectivity index (χ2v) is 3.40. The summed E-state index contributed by atoms with van der Waals surface area (Å²) >= 11 is 0. The Balaban J connectivity index is 2.46. The first-order valence-corrected chi connectivity index (χ1v) is 5.00. The molecule has 2 unspecified atom stereocenters. The number of benzene rings is 1. The Morgan fingerprint density at radius 2 is 1.86 bits per heavy atom. The lowest BCUT2D eigenvalue weighted by molar-refractivity contribution is 0.132. The van der Waals surface area contributed by atoms with Crippen molar-refractivity contribution in [3.63, 3.8) is 0 Å². The Morgan fingerprint density at radius 3 is 2.43 bits per heavy atom. The Kier molecular flexibility index (Phi) is 4.63. The van der Waals surface area contributed by atoms with Crippen molar-refractivity contribution in [2.75, 3.05) is 0 Å². The van der Waals surface area contributed by atoms with E-state index in [-0.39, 0.29) is 0 Å². The highest BCUT2D eigenvalue weighted by atomic mass is 16.3. The van der Waals surface area contributed by atoms with Gasteiger partial charge >= 0.3 is 0 Å². The third-order valence-electron chi connectivity index (χ3n) is 2.13. The van der Waals surface area contributed by atoms with E-state index in [0.717, 1.165) is 12.0 Å². The molecule has 0 aliphatic rings. The van der Waals surface area contributed by atoms with Crippen LogP contribution in [0.5, 0.6) is 0 Å². The first-order chi connectivity index (χ1) is 6.74. The quantitative estimate of drug-likeness (QED) is 0.751. The minimum atomic E-state index is -0.669. The zero-order valence-corrected chi connectivity index (χ0v) is 8.43. The molecule has 2 atom stereocenters. The zero-order valence-electron chi connectivity index (χ0n) is 8.43. The first-order valence-electron chi connectivity index (χ1n) is 5.00. The summed E-state index contributed by atoms with van der Waals surface area (Å²) in [4.78, 5) is 0. The highest BCUT2D eigenvalue weighted by Gasteiger charge is 2.12. The SMILES string of the molecule is CCCC(O)[CH]C(O)c1ccccc1. The third-order valence-corrected chi connectivity index (χ3v) is 2.13. The first kappa shape index (κ1) is 11.2. The topological polar surface area (TPSA) is 40.5 Å². The molecule has 1 radical (unpaired) electrons. The summed E-state index contributed by atoms with van der Waals surface area (Å²) in [5.74, 6) is 0. The summed E-state index contributed by atoms with van der Waals surface area (Å²) in [6.45, 7) is 2.01. The van der Waals surface area contributed by atoms with E-state index in [1.165, 1.54) is 0 Å². The van der Waals surface area contributed by atoms with Crippen LogP contribution in [0.2, 0.25) is 0 Å². The predicted octanol–water partition coefficient (Wildman–Crippen LogP) is 2.09. The lowest BCUT2D eigenvalue weighted by atomic mass is 10.0. The lowest BCUT2D eigenvalue weighted by Crippen LogP contribution is -2.12. The van der Waals surface area contributed by atoms with Crippen molar-refractivity contribution >= 4 is 0 Å². The monoisotopic (exact) mass is 193 g/mol. The molecule has 1 aromatic rings. The molecule has 0 aliphatic carbocycles. The third kappa shape index (κ3) is 3.48. The van der Waals surface area contributed by atoms with E-state index in [2.05, 4.69) is 0 Å². The van der Waals surface area contributed by atoms with Crippen LogP contribution in [-0.2, 0) is 0 Å². The van der Waals surface area contributed by atoms with Crippen LogP contribution < -0.4 is 0 Å². The van der Waals surface area contributed by atoms with Crippen LogP contribution in [0.15, 0.2) is 30.3 Å². The van der Waals surface area contributed by atoms with Crippen LogP contribution in [0.25, 0.3) is 0 Å². The van der Waals surface area contributed by atoms with Gasteiger partial charge in [-0.25, -0.2) is 0 Å². The summed E-state index contributed by atoms with van der Waals surface area (Å²) in [5.41, 5.74) is 0.822. The molecule has 0 aliphatic heterocycles. The van der Waals surface area contributed by atoms with Crippen LogP contribution >= 0.6 is 0 Å². The summed E-state index contributed by atoms with van der Waals surface area (Å²) in [6.07, 6.45) is 2.00. The van der Waals surface area contributed by atoms with Crippen LogP contribution in [-0.4, -0.2) is 16.3 Å². The maximum atomic E-state index is 9.70. The van der Waals surface area contributed by atoms with Crippen molar-refractivity contribution in [3.8, 4) is 0 Å². The molecule has 77 valence electrons. The van der Waals surface area contributed by atoms with E-state index in [1.54, 1.807) is 6.42 Å². The largest absolute Gasteiger partial charge is 0.393 e. The molecule has 0 aromatic heterocycles. The molecule has 0 bridgehead atoms. The lowest BCUT2D eigenvalue weighted by Gasteiger charge is -2.14. The Morgan fingerprint density at radius 1 is 1.21 bits per heavy atom. The predicted molar refractivity (Wildman–Crippen MR) is 56.6 cm³/mol. The Bertz CT molecular complexity index is 246. The number of hydrogen-bond donors (Lipinski definition) is 2. The van der Waals surface area contributed by atoms with Crippen molar-refractivity contribution in [1.29, 1.82) is 0 Å². The van der Waals surface area contributed by atoms with Crippen molar-refractivity contribution in [1.82, 2.24) is 0 Å². The smallest absolute Gasteiger partial charge is 0.0847 e. The van der Waals surface area contributed by atoms with Gasteiger partial charge in [-0.15, -0.1) is 0 Å². The average molecular weight is 193 g/mol. The maximum absolute atomic E-state index is 9.70. The van der Waals surface area contributed by atoms with Crippen molar-refractivity contribution < 1.29 is 10.2 Å². The number of rotatable bonds is 5. The summed E-state index contributed by atoms with van der Waals surface area (Å²) in [7, 11) is 0. The van der Waals surface area contributed by atoms with Gasteiger partial charge in [0, 0.05) is 6.42 Å². The van der Waals surface area contributed by atoms with Gasteiger partial charge in [-0.3, -0.25) is 0 Å². The van der Waals surface area contributed by atoms with E-state index in [0.29, 0.717) is 6.42 Å². The molecule has 2 heteroatoms. The van der Waals surface area contributed by atoms with Crippen LogP contribution in [0.3, 0.4) is 0 Å². The standard InChI is InChI=1S/C12H17O2/c1-2-6-11(13)9-12(14)10-7-4-3-5-8-10/h3-5,7-9,11-14H,2,6H2,1H3. The fraction of sp³-hybridized carbons (Fsp3) is 0.417. The van der Waals surface area contributed by atoms with E-state index < -0.39 is 12.2 Å². The van der Waals surface area contributed by atoms with Gasteiger partial charge in [0.15, 0.2) is 0 Å². The van der Waals surface area contributed by atoms with E-state index in [4.69, 9.17) is 0 Å². The molecule has 0 fully saturated rings. The molecular formula is C12H17O2. The fourth-order valence-electron chi connectivity index (χ4n) is 1.36. The highest BCUT2D eigenvalue weighted by Crippen LogP contribution is 2.18. The minimum absolute atomic E-state index is 0.518. The molecule has 1 aromatic carbocycles. The number of hydrogen-bond acceptors (Lipinski definition) is 2. The maximum Gasteiger partial charge on any atom is 0.0847 e. The van der Waals surface area contributed by atoms with Crippen molar-refractivity contribution in [3.05, 3.63) is 42.3 Å². The Hall–Kier alpha value is -0.860. The van der Waals surface area contributed by atoms with Gasteiger partial charge in [-0.2, -0.15) is 0 Å². The second-order valence-electron chi connectivity index (χ2n) is 3.40. The van der Waals surface area contributed by atoms with Crippen LogP contribution in [0.1, 0.15) is 31.4 Å². The van der Waals surface area contributed by atoms with Gasteiger partial charge in [0.1, 0.15) is 0 Å². The minimum Gasteiger partial charge on any atom is -0.393 e. The highest BCUT2D eigenvalue weighted by molar-refractivity contribution is 5.19. The summed E-state index contributed by atoms with van der Waals surface area (Å²) < 4.78 is 0. The molecule has 0 saturated heterocycles. The number of aliphatic hydroxyl groups is 2. The van der Waals surface area contributed by atoms with Crippen LogP contribution in [0, 0.1) is 6.42 Å². The fourth-order valence-corrected chi connectivity index (χ4v) is 1.36. The molecule has 1 rings (SSSR count). The zero-order chi connectivity index (χ0) is 10.4. The van der Waals surface area contributed by atoms with Gasteiger partial charge in [0.25, 0.3) is 0 Å². The van der Waals surface area contributed by atoms with Gasteiger partial charge in [0.05, 0.1) is 12.2 Å². The van der Waals surface area contributed by atoms with E-state index >= 15 is 0 Å². The molecule has 0 amide bonds. The van der Waals surface area contributed by atoms with Gasteiger partial charge in [-0.1, -0.05) is 43.7 Å². The Labute approximate surface area is 85.2 Å². The van der Waals surface area contributed by atoms with Crippen molar-refractivity contribution in [2.24, 2.45) is 0 Å². The van der Waals surface area contributed by atoms with Gasteiger partial charge in [-0.05, 0) is 12.0 Å². The van der Waals surface area contributed by atoms with Gasteiger partial charge in [0.2, 0.25) is 0 Å². The average Bonchev–Trinajstić information content (AvgIpc) is 2.19. The molecular weight excluding hydrogens is 176 g/mol. The molecule has 0 heterocycles. The van der Waals surface area contributed by atoms with Crippen LogP contribution in [0.4, 0.5) is 0 Å². The second kappa shape index (κ2) is 5.78. The molecule has 2 N–H and O–H groups in total. The molecule has 14 heavy (non-hydrogen) atoms. The summed E-state index contributed by atoms with van der Waals surface area (Å²) in [5, 5.41) is 19.2. The van der Waals surface area contributed by atoms with E-state index in [9.17, 15) is 10.2 Å². The van der Waals surface area contributed by atoms with E-state index in [1.807, 2.05) is 37.3 Å². The van der Waals surface area contributed by atoms with Gasteiger partial charge < -0.3 is 10.2 Å².